The molecule has 0 aliphatic carbocycles. The van der Waals surface area contributed by atoms with E-state index in [9.17, 15) is 4.79 Å². The molecule has 1 atom stereocenters. The summed E-state index contributed by atoms with van der Waals surface area (Å²) in [6.07, 6.45) is 4.60. The van der Waals surface area contributed by atoms with Gasteiger partial charge in [-0.05, 0) is 19.3 Å². The number of ether oxygens (including phenoxy) is 2. The van der Waals surface area contributed by atoms with Crippen molar-refractivity contribution >= 4 is 17.5 Å². The standard InChI is InChI=1S/C14H20ClN3O3/c1-20-14-16-8-6-12(17-14)21-11-4-3-9-18(10-11)13(19)5-2-7-15/h6,8,11H,2-5,7,9-10H2,1H3. The fraction of sp³-hybridized carbons (Fsp3) is 0.643. The summed E-state index contributed by atoms with van der Waals surface area (Å²) in [5.41, 5.74) is 0. The molecule has 0 aromatic carbocycles. The Balaban J connectivity index is 1.90. The topological polar surface area (TPSA) is 64.6 Å². The highest BCUT2D eigenvalue weighted by atomic mass is 35.5. The predicted molar refractivity (Wildman–Crippen MR) is 78.8 cm³/mol. The maximum Gasteiger partial charge on any atom is 0.319 e. The highest BCUT2D eigenvalue weighted by molar-refractivity contribution is 6.17. The van der Waals surface area contributed by atoms with Crippen LogP contribution >= 0.6 is 11.6 Å². The van der Waals surface area contributed by atoms with E-state index in [2.05, 4.69) is 9.97 Å². The molecule has 2 heterocycles. The number of nitrogens with zero attached hydrogens (tertiary/aromatic N) is 3. The molecule has 1 aliphatic heterocycles. The first-order valence-electron chi connectivity index (χ1n) is 7.10. The Morgan fingerprint density at radius 3 is 3.19 bits per heavy atom. The quantitative estimate of drug-likeness (QED) is 0.750. The van der Waals surface area contributed by atoms with Crippen molar-refractivity contribution in [3.63, 3.8) is 0 Å². The number of carbonyl (C=O) groups excluding carboxylic acids is 1. The minimum absolute atomic E-state index is 0.0432. The average Bonchev–Trinajstić information content (AvgIpc) is 2.53. The monoisotopic (exact) mass is 313 g/mol. The molecule has 1 unspecified atom stereocenters. The number of rotatable bonds is 6. The van der Waals surface area contributed by atoms with Crippen LogP contribution in [0.4, 0.5) is 0 Å². The van der Waals surface area contributed by atoms with E-state index in [-0.39, 0.29) is 18.0 Å². The molecule has 6 nitrogen and oxygen atoms in total. The van der Waals surface area contributed by atoms with Crippen LogP contribution in [0.5, 0.6) is 11.9 Å². The minimum Gasteiger partial charge on any atom is -0.472 e. The van der Waals surface area contributed by atoms with Gasteiger partial charge in [0.15, 0.2) is 0 Å². The van der Waals surface area contributed by atoms with E-state index in [1.165, 1.54) is 7.11 Å². The van der Waals surface area contributed by atoms with Gasteiger partial charge in [0.25, 0.3) is 0 Å². The third-order valence-corrected chi connectivity index (χ3v) is 3.60. The minimum atomic E-state index is -0.0432. The van der Waals surface area contributed by atoms with Gasteiger partial charge in [-0.25, -0.2) is 4.98 Å². The Labute approximate surface area is 129 Å². The van der Waals surface area contributed by atoms with Crippen LogP contribution < -0.4 is 9.47 Å². The highest BCUT2D eigenvalue weighted by Crippen LogP contribution is 2.18. The van der Waals surface area contributed by atoms with Gasteiger partial charge in [-0.15, -0.1) is 11.6 Å². The molecule has 7 heteroatoms. The highest BCUT2D eigenvalue weighted by Gasteiger charge is 2.24. The largest absolute Gasteiger partial charge is 0.472 e. The van der Waals surface area contributed by atoms with E-state index in [1.807, 2.05) is 4.90 Å². The van der Waals surface area contributed by atoms with E-state index in [1.54, 1.807) is 12.3 Å². The molecule has 1 aromatic heterocycles. The molecule has 0 spiro atoms. The van der Waals surface area contributed by atoms with Crippen molar-refractivity contribution in [1.82, 2.24) is 14.9 Å². The lowest BCUT2D eigenvalue weighted by atomic mass is 10.1. The van der Waals surface area contributed by atoms with Crippen LogP contribution in [0.1, 0.15) is 25.7 Å². The second-order valence-electron chi connectivity index (χ2n) is 4.90. The summed E-state index contributed by atoms with van der Waals surface area (Å²) >= 11 is 5.63. The van der Waals surface area contributed by atoms with Gasteiger partial charge in [-0.1, -0.05) is 0 Å². The lowest BCUT2D eigenvalue weighted by Gasteiger charge is -2.32. The van der Waals surface area contributed by atoms with Gasteiger partial charge in [-0.2, -0.15) is 4.98 Å². The lowest BCUT2D eigenvalue weighted by molar-refractivity contribution is -0.133. The first-order valence-corrected chi connectivity index (χ1v) is 7.64. The number of likely N-dealkylation sites (tertiary alicyclic amines) is 1. The van der Waals surface area contributed by atoms with Crippen molar-refractivity contribution in [3.05, 3.63) is 12.3 Å². The van der Waals surface area contributed by atoms with Gasteiger partial charge in [0.1, 0.15) is 6.10 Å². The molecule has 1 amide bonds. The van der Waals surface area contributed by atoms with Gasteiger partial charge in [0, 0.05) is 31.1 Å². The number of methoxy groups -OCH3 is 1. The Bertz CT molecular complexity index is 473. The lowest BCUT2D eigenvalue weighted by Crippen LogP contribution is -2.44. The van der Waals surface area contributed by atoms with Crippen molar-refractivity contribution in [1.29, 1.82) is 0 Å². The van der Waals surface area contributed by atoms with Gasteiger partial charge in [0.05, 0.1) is 13.7 Å². The first-order chi connectivity index (χ1) is 10.2. The van der Waals surface area contributed by atoms with Crippen molar-refractivity contribution < 1.29 is 14.3 Å². The van der Waals surface area contributed by atoms with Gasteiger partial charge >= 0.3 is 6.01 Å². The SMILES string of the molecule is COc1nccc(OC2CCCN(C(=O)CCCCl)C2)n1. The van der Waals surface area contributed by atoms with E-state index >= 15 is 0 Å². The van der Waals surface area contributed by atoms with E-state index < -0.39 is 0 Å². The molecule has 2 rings (SSSR count). The normalized spacial score (nSPS) is 18.4. The number of hydrogen-bond acceptors (Lipinski definition) is 5. The fourth-order valence-corrected chi connectivity index (χ4v) is 2.43. The molecule has 1 fully saturated rings. The maximum absolute atomic E-state index is 12.0. The zero-order valence-corrected chi connectivity index (χ0v) is 12.9. The summed E-state index contributed by atoms with van der Waals surface area (Å²) in [7, 11) is 1.51. The molecule has 0 saturated carbocycles. The van der Waals surface area contributed by atoms with Crippen LogP contribution in [0.25, 0.3) is 0 Å². The Morgan fingerprint density at radius 2 is 2.43 bits per heavy atom. The summed E-state index contributed by atoms with van der Waals surface area (Å²) < 4.78 is 10.8. The summed E-state index contributed by atoms with van der Waals surface area (Å²) in [5.74, 6) is 1.13. The third kappa shape index (κ3) is 4.74. The van der Waals surface area contributed by atoms with Crippen LogP contribution in [-0.4, -0.2) is 53.0 Å². The fourth-order valence-electron chi connectivity index (χ4n) is 2.30. The predicted octanol–water partition coefficient (Wildman–Crippen LogP) is 1.87. The number of amides is 1. The van der Waals surface area contributed by atoms with Crippen LogP contribution in [0, 0.1) is 0 Å². The summed E-state index contributed by atoms with van der Waals surface area (Å²) in [5, 5.41) is 0. The third-order valence-electron chi connectivity index (χ3n) is 3.33. The molecule has 1 aliphatic rings. The molecule has 116 valence electrons. The van der Waals surface area contributed by atoms with Crippen LogP contribution in [0.2, 0.25) is 0 Å². The molecule has 1 aromatic rings. The molecular formula is C14H20ClN3O3. The zero-order valence-electron chi connectivity index (χ0n) is 12.1. The van der Waals surface area contributed by atoms with Gasteiger partial charge in [-0.3, -0.25) is 4.79 Å². The molecule has 0 N–H and O–H groups in total. The summed E-state index contributed by atoms with van der Waals surface area (Å²) in [6.45, 7) is 1.38. The zero-order chi connectivity index (χ0) is 15.1. The van der Waals surface area contributed by atoms with Crippen LogP contribution in [-0.2, 0) is 4.79 Å². The molecule has 1 saturated heterocycles. The summed E-state index contributed by atoms with van der Waals surface area (Å²) in [4.78, 5) is 21.9. The van der Waals surface area contributed by atoms with Crippen molar-refractivity contribution in [3.8, 4) is 11.9 Å². The van der Waals surface area contributed by atoms with Crippen LogP contribution in [0.3, 0.4) is 0 Å². The Kier molecular flexibility index (Phi) is 6.04. The van der Waals surface area contributed by atoms with E-state index in [0.717, 1.165) is 19.4 Å². The van der Waals surface area contributed by atoms with Crippen molar-refractivity contribution in [2.75, 3.05) is 26.1 Å². The summed E-state index contributed by atoms with van der Waals surface area (Å²) in [6, 6.07) is 1.97. The molecule has 0 bridgehead atoms. The maximum atomic E-state index is 12.0. The number of aromatic nitrogens is 2. The van der Waals surface area contributed by atoms with Crippen molar-refractivity contribution in [2.45, 2.75) is 31.8 Å². The van der Waals surface area contributed by atoms with Crippen molar-refractivity contribution in [2.24, 2.45) is 0 Å². The molecule has 0 radical (unpaired) electrons. The molecular weight excluding hydrogens is 294 g/mol. The number of alkyl halides is 1. The number of piperidine rings is 1. The van der Waals surface area contributed by atoms with E-state index in [0.29, 0.717) is 31.1 Å². The Morgan fingerprint density at radius 1 is 1.57 bits per heavy atom. The second-order valence-corrected chi connectivity index (χ2v) is 5.27. The van der Waals surface area contributed by atoms with Crippen LogP contribution in [0.15, 0.2) is 12.3 Å². The average molecular weight is 314 g/mol. The van der Waals surface area contributed by atoms with Gasteiger partial charge < -0.3 is 14.4 Å². The number of halogens is 1. The van der Waals surface area contributed by atoms with E-state index in [4.69, 9.17) is 21.1 Å². The Hall–Kier alpha value is -1.56. The van der Waals surface area contributed by atoms with Gasteiger partial charge in [0.2, 0.25) is 11.8 Å². The molecule has 21 heavy (non-hydrogen) atoms. The smallest absolute Gasteiger partial charge is 0.319 e. The first kappa shape index (κ1) is 15.8. The number of carbonyl (C=O) groups is 1. The second kappa shape index (κ2) is 8.02. The number of hydrogen-bond donors (Lipinski definition) is 0.